The number of thiazole rings is 1. The first-order valence-corrected chi connectivity index (χ1v) is 11.2. The van der Waals surface area contributed by atoms with Crippen molar-refractivity contribution in [3.05, 3.63) is 58.8 Å². The third-order valence-electron chi connectivity index (χ3n) is 4.04. The standard InChI is InChI=1S/C19H19N3O6S2/c1-12-17(22-18(29-12)15-3-2-10-27-15)19(24)28-11-16(23)21-9-8-13-4-6-14(7-5-13)30(20,25)26/h2-7,10H,8-9,11H2,1H3,(H,21,23)(H2,20,25,26). The SMILES string of the molecule is Cc1sc(-c2ccco2)nc1C(=O)OCC(=O)NCCc1ccc(S(N)(=O)=O)cc1. The average Bonchev–Trinajstić information content (AvgIpc) is 3.35. The van der Waals surface area contributed by atoms with Crippen LogP contribution in [0, 0.1) is 6.92 Å². The van der Waals surface area contributed by atoms with Crippen molar-refractivity contribution < 1.29 is 27.2 Å². The Morgan fingerprint density at radius 1 is 1.23 bits per heavy atom. The first-order valence-electron chi connectivity index (χ1n) is 8.81. The molecule has 3 rings (SSSR count). The second kappa shape index (κ2) is 9.20. The van der Waals surface area contributed by atoms with Gasteiger partial charge in [-0.15, -0.1) is 11.3 Å². The smallest absolute Gasteiger partial charge is 0.358 e. The van der Waals surface area contributed by atoms with Gasteiger partial charge in [0, 0.05) is 11.4 Å². The van der Waals surface area contributed by atoms with Crippen molar-refractivity contribution >= 4 is 33.2 Å². The third-order valence-corrected chi connectivity index (χ3v) is 5.96. The Morgan fingerprint density at radius 3 is 2.60 bits per heavy atom. The largest absolute Gasteiger partial charge is 0.462 e. The molecule has 30 heavy (non-hydrogen) atoms. The first-order chi connectivity index (χ1) is 14.2. The van der Waals surface area contributed by atoms with Crippen molar-refractivity contribution in [3.8, 4) is 10.8 Å². The Labute approximate surface area is 176 Å². The maximum atomic E-state index is 12.2. The number of ether oxygens (including phenoxy) is 1. The van der Waals surface area contributed by atoms with Crippen LogP contribution in [0.1, 0.15) is 20.9 Å². The normalized spacial score (nSPS) is 11.3. The lowest BCUT2D eigenvalue weighted by Crippen LogP contribution is -2.30. The number of esters is 1. The van der Waals surface area contributed by atoms with Gasteiger partial charge < -0.3 is 14.5 Å². The van der Waals surface area contributed by atoms with Crippen molar-refractivity contribution in [2.45, 2.75) is 18.2 Å². The number of rotatable bonds is 8. The Balaban J connectivity index is 1.45. The Morgan fingerprint density at radius 2 is 1.97 bits per heavy atom. The Kier molecular flexibility index (Phi) is 6.65. The Hall–Kier alpha value is -3.02. The third kappa shape index (κ3) is 5.53. The van der Waals surface area contributed by atoms with Crippen LogP contribution in [0.4, 0.5) is 0 Å². The fourth-order valence-electron chi connectivity index (χ4n) is 2.53. The van der Waals surface area contributed by atoms with Gasteiger partial charge in [-0.2, -0.15) is 0 Å². The lowest BCUT2D eigenvalue weighted by molar-refractivity contribution is -0.124. The molecule has 11 heteroatoms. The summed E-state index contributed by atoms with van der Waals surface area (Å²) < 4.78 is 32.8. The molecule has 0 bridgehead atoms. The molecule has 1 aromatic carbocycles. The molecule has 1 amide bonds. The fraction of sp³-hybridized carbons (Fsp3) is 0.211. The number of nitrogens with two attached hydrogens (primary N) is 1. The van der Waals surface area contributed by atoms with Crippen molar-refractivity contribution in [1.82, 2.24) is 10.3 Å². The number of carbonyl (C=O) groups excluding carboxylic acids is 2. The highest BCUT2D eigenvalue weighted by Gasteiger charge is 2.19. The summed E-state index contributed by atoms with van der Waals surface area (Å²) in [4.78, 5) is 29.0. The molecule has 0 aliphatic rings. The molecule has 158 valence electrons. The number of nitrogens with one attached hydrogen (secondary N) is 1. The molecule has 0 atom stereocenters. The van der Waals surface area contributed by atoms with Gasteiger partial charge in [0.15, 0.2) is 23.1 Å². The minimum atomic E-state index is -3.73. The molecule has 9 nitrogen and oxygen atoms in total. The van der Waals surface area contributed by atoms with E-state index in [0.29, 0.717) is 28.6 Å². The van der Waals surface area contributed by atoms with Gasteiger partial charge in [-0.25, -0.2) is 23.3 Å². The lowest BCUT2D eigenvalue weighted by Gasteiger charge is -2.07. The number of carbonyl (C=O) groups is 2. The molecule has 0 radical (unpaired) electrons. The number of hydrogen-bond donors (Lipinski definition) is 2. The van der Waals surface area contributed by atoms with E-state index in [0.717, 1.165) is 5.56 Å². The van der Waals surface area contributed by atoms with Crippen LogP contribution in [0.15, 0.2) is 52.0 Å². The monoisotopic (exact) mass is 449 g/mol. The maximum absolute atomic E-state index is 12.2. The summed E-state index contributed by atoms with van der Waals surface area (Å²) in [5, 5.41) is 8.24. The molecule has 0 saturated heterocycles. The number of primary sulfonamides is 1. The minimum Gasteiger partial charge on any atom is -0.462 e. The summed E-state index contributed by atoms with van der Waals surface area (Å²) >= 11 is 1.30. The number of benzene rings is 1. The molecule has 2 aromatic heterocycles. The average molecular weight is 450 g/mol. The molecule has 0 unspecified atom stereocenters. The number of furan rings is 1. The number of amides is 1. The molecular formula is C19H19N3O6S2. The predicted molar refractivity (Wildman–Crippen MR) is 109 cm³/mol. The van der Waals surface area contributed by atoms with Crippen molar-refractivity contribution in [3.63, 3.8) is 0 Å². The van der Waals surface area contributed by atoms with Gasteiger partial charge in [0.2, 0.25) is 10.0 Å². The van der Waals surface area contributed by atoms with Crippen LogP contribution >= 0.6 is 11.3 Å². The summed E-state index contributed by atoms with van der Waals surface area (Å²) in [6.45, 7) is 1.60. The summed E-state index contributed by atoms with van der Waals surface area (Å²) in [6.07, 6.45) is 1.99. The summed E-state index contributed by atoms with van der Waals surface area (Å²) in [6, 6.07) is 9.51. The van der Waals surface area contributed by atoms with Gasteiger partial charge in [-0.05, 0) is 43.2 Å². The summed E-state index contributed by atoms with van der Waals surface area (Å²) in [7, 11) is -3.73. The van der Waals surface area contributed by atoms with Crippen LogP contribution in [-0.4, -0.2) is 38.4 Å². The summed E-state index contributed by atoms with van der Waals surface area (Å²) in [5.74, 6) is -0.587. The lowest BCUT2D eigenvalue weighted by atomic mass is 10.1. The molecule has 0 spiro atoms. The number of nitrogens with zero attached hydrogens (tertiary/aromatic N) is 1. The molecule has 0 aliphatic carbocycles. The second-order valence-corrected chi connectivity index (χ2v) is 9.03. The Bertz CT molecular complexity index is 1140. The zero-order valence-electron chi connectivity index (χ0n) is 16.0. The topological polar surface area (TPSA) is 142 Å². The van der Waals surface area contributed by atoms with E-state index in [4.69, 9.17) is 14.3 Å². The van der Waals surface area contributed by atoms with Crippen molar-refractivity contribution in [2.24, 2.45) is 5.14 Å². The predicted octanol–water partition coefficient (Wildman–Crippen LogP) is 1.87. The van der Waals surface area contributed by atoms with Gasteiger partial charge in [-0.1, -0.05) is 12.1 Å². The van der Waals surface area contributed by atoms with Crippen LogP contribution < -0.4 is 10.5 Å². The molecule has 0 fully saturated rings. The molecule has 3 aromatic rings. The molecule has 2 heterocycles. The number of aryl methyl sites for hydroxylation is 1. The molecule has 0 saturated carbocycles. The molecule has 3 N–H and O–H groups in total. The number of sulfonamides is 1. The highest BCUT2D eigenvalue weighted by atomic mass is 32.2. The molecule has 0 aliphatic heterocycles. The second-order valence-electron chi connectivity index (χ2n) is 6.27. The number of aromatic nitrogens is 1. The zero-order valence-corrected chi connectivity index (χ0v) is 17.6. The van der Waals surface area contributed by atoms with E-state index in [1.165, 1.54) is 29.7 Å². The quantitative estimate of drug-likeness (QED) is 0.500. The fourth-order valence-corrected chi connectivity index (χ4v) is 3.92. The van der Waals surface area contributed by atoms with Gasteiger partial charge >= 0.3 is 5.97 Å². The zero-order chi connectivity index (χ0) is 21.7. The minimum absolute atomic E-state index is 0.0229. The van der Waals surface area contributed by atoms with E-state index in [1.807, 2.05) is 0 Å². The molecular weight excluding hydrogens is 430 g/mol. The first kappa shape index (κ1) is 21.7. The van der Waals surface area contributed by atoms with Crippen molar-refractivity contribution in [1.29, 1.82) is 0 Å². The van der Waals surface area contributed by atoms with E-state index in [1.54, 1.807) is 31.2 Å². The summed E-state index contributed by atoms with van der Waals surface area (Å²) in [5.41, 5.74) is 0.970. The van der Waals surface area contributed by atoms with E-state index >= 15 is 0 Å². The van der Waals surface area contributed by atoms with Gasteiger partial charge in [0.25, 0.3) is 5.91 Å². The van der Waals surface area contributed by atoms with E-state index < -0.39 is 28.5 Å². The van der Waals surface area contributed by atoms with E-state index in [2.05, 4.69) is 10.3 Å². The van der Waals surface area contributed by atoms with E-state index in [-0.39, 0.29) is 10.6 Å². The maximum Gasteiger partial charge on any atom is 0.358 e. The van der Waals surface area contributed by atoms with E-state index in [9.17, 15) is 18.0 Å². The van der Waals surface area contributed by atoms with Crippen LogP contribution in [0.25, 0.3) is 10.8 Å². The van der Waals surface area contributed by atoms with Gasteiger partial charge in [0.05, 0.1) is 11.2 Å². The van der Waals surface area contributed by atoms with Gasteiger partial charge in [-0.3, -0.25) is 4.79 Å². The van der Waals surface area contributed by atoms with Crippen LogP contribution in [-0.2, 0) is 26.0 Å². The van der Waals surface area contributed by atoms with Crippen LogP contribution in [0.5, 0.6) is 0 Å². The van der Waals surface area contributed by atoms with Crippen LogP contribution in [0.2, 0.25) is 0 Å². The van der Waals surface area contributed by atoms with Crippen molar-refractivity contribution in [2.75, 3.05) is 13.2 Å². The van der Waals surface area contributed by atoms with Crippen LogP contribution in [0.3, 0.4) is 0 Å². The number of hydrogen-bond acceptors (Lipinski definition) is 8. The highest BCUT2D eigenvalue weighted by Crippen LogP contribution is 2.28. The highest BCUT2D eigenvalue weighted by molar-refractivity contribution is 7.89. The van der Waals surface area contributed by atoms with Gasteiger partial charge in [0.1, 0.15) is 0 Å².